The molecule has 0 atom stereocenters. The zero-order valence-electron chi connectivity index (χ0n) is 31.6. The zero-order valence-corrected chi connectivity index (χ0v) is 31.6. The molecule has 0 saturated heterocycles. The summed E-state index contributed by atoms with van der Waals surface area (Å²) >= 11 is 0. The van der Waals surface area contributed by atoms with E-state index < -0.39 is 21.9 Å². The number of nitrogens with one attached hydrogen (secondary N) is 4. The van der Waals surface area contributed by atoms with Crippen molar-refractivity contribution in [1.29, 1.82) is 0 Å². The molecule has 1 heterocycles. The van der Waals surface area contributed by atoms with Crippen molar-refractivity contribution in [3.63, 3.8) is 0 Å². The van der Waals surface area contributed by atoms with Gasteiger partial charge in [-0.2, -0.15) is 0 Å². The number of rotatable bonds is 6. The Labute approximate surface area is 324 Å². The average Bonchev–Trinajstić information content (AvgIpc) is 3.13. The number of benzene rings is 4. The van der Waals surface area contributed by atoms with E-state index in [-0.39, 0.29) is 22.2 Å². The highest BCUT2D eigenvalue weighted by atomic mass is 16.6. The van der Waals surface area contributed by atoms with E-state index in [2.05, 4.69) is 91.5 Å². The first-order chi connectivity index (χ1) is 26.4. The van der Waals surface area contributed by atoms with Crippen molar-refractivity contribution in [2.45, 2.75) is 52.4 Å². The maximum Gasteiger partial charge on any atom is 0.323 e. The molecule has 0 aliphatic carbocycles. The first kappa shape index (κ1) is 39.7. The van der Waals surface area contributed by atoms with Gasteiger partial charge in [-0.05, 0) is 94.5 Å². The molecular weight excluding hydrogens is 711 g/mol. The van der Waals surface area contributed by atoms with E-state index in [1.807, 2.05) is 24.3 Å². The van der Waals surface area contributed by atoms with Crippen LogP contribution in [0.1, 0.15) is 75.2 Å². The Morgan fingerprint density at radius 1 is 0.536 bits per heavy atom. The summed E-state index contributed by atoms with van der Waals surface area (Å²) in [6.07, 6.45) is 0. The average molecular weight is 750 g/mol. The number of nitro groups is 2. The second-order valence-electron chi connectivity index (χ2n) is 14.7. The van der Waals surface area contributed by atoms with Gasteiger partial charge in [-0.3, -0.25) is 20.2 Å². The van der Waals surface area contributed by atoms with Gasteiger partial charge in [0.2, 0.25) is 0 Å². The van der Waals surface area contributed by atoms with Crippen LogP contribution in [0.3, 0.4) is 0 Å². The Hall–Kier alpha value is -7.51. The summed E-state index contributed by atoms with van der Waals surface area (Å²) in [5.74, 6) is 12.5. The lowest BCUT2D eigenvalue weighted by Gasteiger charge is -2.20. The number of carbonyl (C=O) groups is 2. The van der Waals surface area contributed by atoms with Crippen molar-refractivity contribution in [2.75, 3.05) is 21.3 Å². The van der Waals surface area contributed by atoms with E-state index in [1.165, 1.54) is 48.5 Å². The molecule has 0 bridgehead atoms. The summed E-state index contributed by atoms with van der Waals surface area (Å²) in [6.45, 7) is 12.4. The Kier molecular flexibility index (Phi) is 11.8. The Morgan fingerprint density at radius 3 is 1.25 bits per heavy atom. The number of urea groups is 2. The van der Waals surface area contributed by atoms with Crippen LogP contribution in [0.5, 0.6) is 0 Å². The summed E-state index contributed by atoms with van der Waals surface area (Å²) in [5.41, 5.74) is 5.07. The number of anilines is 4. The fourth-order valence-corrected chi connectivity index (χ4v) is 5.19. The van der Waals surface area contributed by atoms with Crippen LogP contribution in [0, 0.1) is 43.9 Å². The summed E-state index contributed by atoms with van der Waals surface area (Å²) in [4.78, 5) is 51.5. The number of nitro benzene ring substituents is 2. The van der Waals surface area contributed by atoms with Gasteiger partial charge in [-0.15, -0.1) is 0 Å². The highest BCUT2D eigenvalue weighted by molar-refractivity contribution is 6.01. The molecule has 56 heavy (non-hydrogen) atoms. The lowest BCUT2D eigenvalue weighted by molar-refractivity contribution is -0.385. The van der Waals surface area contributed by atoms with E-state index in [9.17, 15) is 29.8 Å². The lowest BCUT2D eigenvalue weighted by Crippen LogP contribution is -2.20. The van der Waals surface area contributed by atoms with Crippen molar-refractivity contribution in [2.24, 2.45) is 0 Å². The maximum absolute atomic E-state index is 12.9. The zero-order chi connectivity index (χ0) is 40.6. The van der Waals surface area contributed by atoms with E-state index in [0.29, 0.717) is 45.3 Å². The number of non-ortho nitro benzene ring substituents is 2. The van der Waals surface area contributed by atoms with Gasteiger partial charge in [0.25, 0.3) is 11.4 Å². The van der Waals surface area contributed by atoms with Crippen LogP contribution >= 0.6 is 0 Å². The largest absolute Gasteiger partial charge is 0.323 e. The minimum absolute atomic E-state index is 0.0887. The minimum Gasteiger partial charge on any atom is -0.308 e. The molecule has 13 heteroatoms. The Morgan fingerprint density at radius 2 is 0.911 bits per heavy atom. The van der Waals surface area contributed by atoms with Gasteiger partial charge < -0.3 is 21.3 Å². The molecule has 0 unspecified atom stereocenters. The fraction of sp³-hybridized carbons (Fsp3) is 0.186. The molecule has 4 amide bonds. The molecule has 13 nitrogen and oxygen atoms in total. The summed E-state index contributed by atoms with van der Waals surface area (Å²) in [6, 6.07) is 26.4. The number of aromatic nitrogens is 1. The molecule has 0 saturated carbocycles. The molecule has 0 spiro atoms. The SMILES string of the molecule is CC(C)(C)c1ccc(NC(=O)Nc2ccc([N+](=O)[O-])cc2)c(C#Cc2cccc(C#Cc3cc(C(C)(C)C)ccc3NC(=O)Nc3ccc([N+](=O)[O-])cc3)n2)c1. The summed E-state index contributed by atoms with van der Waals surface area (Å²) < 4.78 is 0. The van der Waals surface area contributed by atoms with Crippen LogP contribution < -0.4 is 21.3 Å². The molecule has 4 N–H and O–H groups in total. The highest BCUT2D eigenvalue weighted by Crippen LogP contribution is 2.28. The number of carbonyl (C=O) groups excluding carboxylic acids is 2. The second-order valence-corrected chi connectivity index (χ2v) is 14.7. The molecule has 282 valence electrons. The fourth-order valence-electron chi connectivity index (χ4n) is 5.19. The van der Waals surface area contributed by atoms with E-state index in [0.717, 1.165) is 11.1 Å². The van der Waals surface area contributed by atoms with Crippen LogP contribution in [-0.2, 0) is 10.8 Å². The molecule has 0 aliphatic rings. The minimum atomic E-state index is -0.547. The van der Waals surface area contributed by atoms with Crippen molar-refractivity contribution >= 4 is 46.2 Å². The van der Waals surface area contributed by atoms with Gasteiger partial charge in [0.05, 0.1) is 21.2 Å². The summed E-state index contributed by atoms with van der Waals surface area (Å²) in [5, 5.41) is 33.0. The van der Waals surface area contributed by atoms with Gasteiger partial charge in [0, 0.05) is 46.8 Å². The highest BCUT2D eigenvalue weighted by Gasteiger charge is 2.18. The molecule has 0 fully saturated rings. The van der Waals surface area contributed by atoms with Gasteiger partial charge in [0.1, 0.15) is 11.4 Å². The van der Waals surface area contributed by atoms with E-state index >= 15 is 0 Å². The second kappa shape index (κ2) is 16.7. The third-order valence-electron chi connectivity index (χ3n) is 8.34. The van der Waals surface area contributed by atoms with Crippen LogP contribution in [0.25, 0.3) is 0 Å². The number of pyridine rings is 1. The first-order valence-electron chi connectivity index (χ1n) is 17.4. The molecule has 5 rings (SSSR count). The standard InChI is InChI=1S/C43H39N7O6/c1-42(2,3)30-12-24-38(47-40(51)45-34-16-20-36(21-17-34)49(53)54)28(26-30)10-14-32-8-7-9-33(44-32)15-11-29-27-31(43(4,5)6)13-25-39(29)48-41(52)46-35-18-22-37(23-19-35)50(55)56/h7-9,12-13,16-27H,1-6H3,(H2,45,47,51)(H2,46,48,52). The molecular formula is C43H39N7O6. The Balaban J connectivity index is 1.39. The van der Waals surface area contributed by atoms with Crippen LogP contribution in [0.4, 0.5) is 43.7 Å². The predicted octanol–water partition coefficient (Wildman–Crippen LogP) is 9.58. The van der Waals surface area contributed by atoms with Crippen LogP contribution in [-0.4, -0.2) is 26.9 Å². The quantitative estimate of drug-likeness (QED) is 0.0757. The van der Waals surface area contributed by atoms with E-state index in [1.54, 1.807) is 30.3 Å². The van der Waals surface area contributed by atoms with Crippen molar-refractivity contribution in [1.82, 2.24) is 4.98 Å². The van der Waals surface area contributed by atoms with Gasteiger partial charge >= 0.3 is 12.1 Å². The molecule has 0 aliphatic heterocycles. The topological polar surface area (TPSA) is 181 Å². The normalized spacial score (nSPS) is 10.8. The number of hydrogen-bond acceptors (Lipinski definition) is 7. The van der Waals surface area contributed by atoms with Crippen molar-refractivity contribution < 1.29 is 19.4 Å². The van der Waals surface area contributed by atoms with Gasteiger partial charge in [-0.1, -0.05) is 71.6 Å². The van der Waals surface area contributed by atoms with Crippen LogP contribution in [0.15, 0.2) is 103 Å². The monoisotopic (exact) mass is 749 g/mol. The number of amides is 4. The summed E-state index contributed by atoms with van der Waals surface area (Å²) in [7, 11) is 0. The molecule has 0 radical (unpaired) electrons. The number of nitrogens with zero attached hydrogens (tertiary/aromatic N) is 3. The first-order valence-corrected chi connectivity index (χ1v) is 17.4. The predicted molar refractivity (Wildman–Crippen MR) is 218 cm³/mol. The molecule has 5 aromatic rings. The van der Waals surface area contributed by atoms with Crippen LogP contribution in [0.2, 0.25) is 0 Å². The maximum atomic E-state index is 12.9. The van der Waals surface area contributed by atoms with Crippen molar-refractivity contribution in [3.8, 4) is 23.7 Å². The third kappa shape index (κ3) is 10.8. The third-order valence-corrected chi connectivity index (χ3v) is 8.34. The molecule has 1 aromatic heterocycles. The van der Waals surface area contributed by atoms with Crippen molar-refractivity contribution in [3.05, 3.63) is 157 Å². The van der Waals surface area contributed by atoms with Gasteiger partial charge in [0.15, 0.2) is 0 Å². The number of hydrogen-bond donors (Lipinski definition) is 4. The van der Waals surface area contributed by atoms with Gasteiger partial charge in [-0.25, -0.2) is 14.6 Å². The smallest absolute Gasteiger partial charge is 0.308 e. The Bertz CT molecular complexity index is 2270. The molecule has 4 aromatic carbocycles. The lowest BCUT2D eigenvalue weighted by atomic mass is 9.86. The van der Waals surface area contributed by atoms with E-state index in [4.69, 9.17) is 0 Å².